The van der Waals surface area contributed by atoms with Gasteiger partial charge in [0.1, 0.15) is 5.75 Å². The van der Waals surface area contributed by atoms with Gasteiger partial charge in [-0.2, -0.15) is 5.26 Å². The third-order valence-corrected chi connectivity index (χ3v) is 2.14. The Morgan fingerprint density at radius 3 is 2.82 bits per heavy atom. The highest BCUT2D eigenvalue weighted by Gasteiger charge is 2.12. The van der Waals surface area contributed by atoms with Gasteiger partial charge < -0.3 is 9.84 Å². The van der Waals surface area contributed by atoms with Crippen molar-refractivity contribution >= 4 is 12.3 Å². The normalized spacial score (nSPS) is 9.41. The number of esters is 1. The smallest absolute Gasteiger partial charge is 0.310 e. The molecule has 0 spiro atoms. The molecule has 0 aliphatic heterocycles. The molecule has 0 saturated heterocycles. The number of carbonyl (C=O) groups is 2. The van der Waals surface area contributed by atoms with Crippen LogP contribution in [0.1, 0.15) is 28.4 Å². The molecule has 0 bridgehead atoms. The van der Waals surface area contributed by atoms with Crippen LogP contribution < -0.4 is 0 Å². The Labute approximate surface area is 98.2 Å². The summed E-state index contributed by atoms with van der Waals surface area (Å²) in [6, 6.07) is 4.33. The van der Waals surface area contributed by atoms with Gasteiger partial charge in [-0.3, -0.25) is 9.59 Å². The summed E-state index contributed by atoms with van der Waals surface area (Å²) in [5, 5.41) is 18.2. The van der Waals surface area contributed by atoms with Gasteiger partial charge in [0, 0.05) is 0 Å². The van der Waals surface area contributed by atoms with Crippen LogP contribution in [0.3, 0.4) is 0 Å². The topological polar surface area (TPSA) is 87.4 Å². The molecule has 1 rings (SSSR count). The van der Waals surface area contributed by atoms with Crippen LogP contribution >= 0.6 is 0 Å². The average molecular weight is 233 g/mol. The van der Waals surface area contributed by atoms with E-state index in [2.05, 4.69) is 0 Å². The minimum absolute atomic E-state index is 0.0447. The molecule has 17 heavy (non-hydrogen) atoms. The minimum Gasteiger partial charge on any atom is -0.507 e. The number of rotatable bonds is 4. The van der Waals surface area contributed by atoms with Crippen LogP contribution in [0.2, 0.25) is 0 Å². The fourth-order valence-electron chi connectivity index (χ4n) is 1.36. The van der Waals surface area contributed by atoms with Crippen molar-refractivity contribution in [3.05, 3.63) is 28.8 Å². The molecule has 1 aromatic carbocycles. The molecule has 0 radical (unpaired) electrons. The van der Waals surface area contributed by atoms with Gasteiger partial charge in [-0.15, -0.1) is 0 Å². The van der Waals surface area contributed by atoms with E-state index < -0.39 is 5.97 Å². The molecule has 0 heterocycles. The summed E-state index contributed by atoms with van der Waals surface area (Å²) in [5.74, 6) is -0.754. The van der Waals surface area contributed by atoms with Crippen molar-refractivity contribution in [2.75, 3.05) is 6.61 Å². The molecular formula is C12H11NO4. The van der Waals surface area contributed by atoms with Gasteiger partial charge in [0.15, 0.2) is 6.29 Å². The molecule has 0 fully saturated rings. The summed E-state index contributed by atoms with van der Waals surface area (Å²) < 4.78 is 4.75. The number of nitrogens with zero attached hydrogens (tertiary/aromatic N) is 1. The lowest BCUT2D eigenvalue weighted by molar-refractivity contribution is -0.142. The fourth-order valence-corrected chi connectivity index (χ4v) is 1.36. The van der Waals surface area contributed by atoms with Gasteiger partial charge in [0.25, 0.3) is 0 Å². The number of carbonyl (C=O) groups excluding carboxylic acids is 2. The number of benzene rings is 1. The number of hydrogen-bond donors (Lipinski definition) is 1. The van der Waals surface area contributed by atoms with E-state index in [0.29, 0.717) is 11.8 Å². The zero-order chi connectivity index (χ0) is 12.8. The maximum atomic E-state index is 11.3. The predicted molar refractivity (Wildman–Crippen MR) is 58.5 cm³/mol. The third-order valence-electron chi connectivity index (χ3n) is 2.14. The van der Waals surface area contributed by atoms with Gasteiger partial charge in [0.05, 0.1) is 30.2 Å². The number of phenols is 1. The molecule has 88 valence electrons. The highest BCUT2D eigenvalue weighted by atomic mass is 16.5. The Morgan fingerprint density at radius 2 is 2.29 bits per heavy atom. The quantitative estimate of drug-likeness (QED) is 0.623. The molecule has 0 amide bonds. The van der Waals surface area contributed by atoms with E-state index in [4.69, 9.17) is 10.00 Å². The molecular weight excluding hydrogens is 222 g/mol. The summed E-state index contributed by atoms with van der Waals surface area (Å²) >= 11 is 0. The second kappa shape index (κ2) is 5.66. The predicted octanol–water partition coefficient (Wildman–Crippen LogP) is 1.18. The monoisotopic (exact) mass is 233 g/mol. The zero-order valence-corrected chi connectivity index (χ0v) is 9.27. The van der Waals surface area contributed by atoms with E-state index in [0.717, 1.165) is 6.07 Å². The molecule has 5 nitrogen and oxygen atoms in total. The van der Waals surface area contributed by atoms with Crippen molar-refractivity contribution in [2.24, 2.45) is 0 Å². The molecule has 0 atom stereocenters. The summed E-state index contributed by atoms with van der Waals surface area (Å²) in [4.78, 5) is 21.9. The van der Waals surface area contributed by atoms with Crippen molar-refractivity contribution in [1.82, 2.24) is 0 Å². The fraction of sp³-hybridized carbons (Fsp3) is 0.250. The molecule has 0 aliphatic rings. The Balaban J connectivity index is 3.09. The second-order valence-electron chi connectivity index (χ2n) is 3.28. The van der Waals surface area contributed by atoms with Crippen molar-refractivity contribution < 1.29 is 19.4 Å². The molecule has 0 aromatic heterocycles. The van der Waals surface area contributed by atoms with E-state index in [1.54, 1.807) is 6.92 Å². The minimum atomic E-state index is -0.480. The maximum Gasteiger partial charge on any atom is 0.310 e. The van der Waals surface area contributed by atoms with Crippen LogP contribution in [0.15, 0.2) is 12.1 Å². The molecule has 0 saturated carbocycles. The van der Waals surface area contributed by atoms with Crippen LogP contribution in [0.4, 0.5) is 0 Å². The maximum absolute atomic E-state index is 11.3. The lowest BCUT2D eigenvalue weighted by Crippen LogP contribution is -2.09. The first-order valence-electron chi connectivity index (χ1n) is 4.99. The van der Waals surface area contributed by atoms with Crippen LogP contribution in [-0.4, -0.2) is 24.0 Å². The van der Waals surface area contributed by atoms with Gasteiger partial charge in [-0.25, -0.2) is 0 Å². The first-order chi connectivity index (χ1) is 8.12. The van der Waals surface area contributed by atoms with E-state index in [1.807, 2.05) is 6.07 Å². The Morgan fingerprint density at radius 1 is 1.59 bits per heavy atom. The van der Waals surface area contributed by atoms with Crippen molar-refractivity contribution in [2.45, 2.75) is 13.3 Å². The van der Waals surface area contributed by atoms with Gasteiger partial charge >= 0.3 is 5.97 Å². The molecule has 1 N–H and O–H groups in total. The van der Waals surface area contributed by atoms with Crippen molar-refractivity contribution in [3.8, 4) is 11.8 Å². The Bertz CT molecular complexity index is 488. The summed E-state index contributed by atoms with van der Waals surface area (Å²) in [7, 11) is 0. The zero-order valence-electron chi connectivity index (χ0n) is 9.27. The number of aldehydes is 1. The number of phenolic OH excluding ortho intramolecular Hbond substituents is 1. The largest absolute Gasteiger partial charge is 0.507 e. The van der Waals surface area contributed by atoms with E-state index in [-0.39, 0.29) is 29.9 Å². The first-order valence-corrected chi connectivity index (χ1v) is 4.99. The second-order valence-corrected chi connectivity index (χ2v) is 3.28. The lowest BCUT2D eigenvalue weighted by atomic mass is 10.0. The first kappa shape index (κ1) is 12.7. The van der Waals surface area contributed by atoms with Crippen molar-refractivity contribution in [1.29, 1.82) is 5.26 Å². The standard InChI is InChI=1S/C12H11NO4/c1-2-17-12(16)5-8-3-10(7-14)11(15)4-9(8)6-13/h3-4,7,15H,2,5H2,1H3. The van der Waals surface area contributed by atoms with Crippen LogP contribution in [0, 0.1) is 11.3 Å². The van der Waals surface area contributed by atoms with Gasteiger partial charge in [-0.05, 0) is 24.6 Å². The highest BCUT2D eigenvalue weighted by Crippen LogP contribution is 2.21. The van der Waals surface area contributed by atoms with E-state index in [9.17, 15) is 14.7 Å². The van der Waals surface area contributed by atoms with Crippen molar-refractivity contribution in [3.63, 3.8) is 0 Å². The van der Waals surface area contributed by atoms with Gasteiger partial charge in [-0.1, -0.05) is 0 Å². The Kier molecular flexibility index (Phi) is 4.23. The number of aromatic hydroxyl groups is 1. The number of nitriles is 1. The van der Waals surface area contributed by atoms with Crippen LogP contribution in [0.5, 0.6) is 5.75 Å². The highest BCUT2D eigenvalue weighted by molar-refractivity contribution is 5.82. The Hall–Kier alpha value is -2.35. The summed E-state index contributed by atoms with van der Waals surface area (Å²) in [6.07, 6.45) is 0.364. The van der Waals surface area contributed by atoms with Crippen LogP contribution in [0.25, 0.3) is 0 Å². The summed E-state index contributed by atoms with van der Waals surface area (Å²) in [5.41, 5.74) is 0.565. The van der Waals surface area contributed by atoms with Crippen LogP contribution in [-0.2, 0) is 16.0 Å². The molecule has 0 aliphatic carbocycles. The van der Waals surface area contributed by atoms with E-state index in [1.165, 1.54) is 6.07 Å². The number of hydrogen-bond acceptors (Lipinski definition) is 5. The summed E-state index contributed by atoms with van der Waals surface area (Å²) in [6.45, 7) is 1.93. The lowest BCUT2D eigenvalue weighted by Gasteiger charge is -2.06. The van der Waals surface area contributed by atoms with E-state index >= 15 is 0 Å². The average Bonchev–Trinajstić information content (AvgIpc) is 2.31. The molecule has 5 heteroatoms. The SMILES string of the molecule is CCOC(=O)Cc1cc(C=O)c(O)cc1C#N. The molecule has 1 aromatic rings. The number of ether oxygens (including phenoxy) is 1. The third kappa shape index (κ3) is 3.05. The molecule has 0 unspecified atom stereocenters. The van der Waals surface area contributed by atoms with Gasteiger partial charge in [0.2, 0.25) is 0 Å².